The zero-order valence-electron chi connectivity index (χ0n) is 36.0. The lowest BCUT2D eigenvalue weighted by Crippen LogP contribution is -2.61. The molecule has 2 nitrogen and oxygen atoms in total. The highest BCUT2D eigenvalue weighted by atomic mass is 15.2. The molecule has 0 aliphatic carbocycles. The van der Waals surface area contributed by atoms with Crippen molar-refractivity contribution in [2.75, 3.05) is 9.80 Å². The summed E-state index contributed by atoms with van der Waals surface area (Å²) in [7, 11) is 0. The van der Waals surface area contributed by atoms with Crippen molar-refractivity contribution < 1.29 is 0 Å². The first kappa shape index (κ1) is 36.3. The van der Waals surface area contributed by atoms with Gasteiger partial charge < -0.3 is 9.80 Å². The molecular formula is C60H45BN2. The van der Waals surface area contributed by atoms with Crippen LogP contribution in [0.2, 0.25) is 0 Å². The Balaban J connectivity index is 1.17. The number of benzene rings is 11. The van der Waals surface area contributed by atoms with Gasteiger partial charge in [0.25, 0.3) is 6.71 Å². The van der Waals surface area contributed by atoms with E-state index in [4.69, 9.17) is 0 Å². The van der Waals surface area contributed by atoms with Gasteiger partial charge in [-0.2, -0.15) is 0 Å². The third kappa shape index (κ3) is 5.08. The third-order valence-corrected chi connectivity index (χ3v) is 14.3. The predicted molar refractivity (Wildman–Crippen MR) is 274 cm³/mol. The van der Waals surface area contributed by atoms with Gasteiger partial charge in [-0.15, -0.1) is 0 Å². The van der Waals surface area contributed by atoms with Crippen LogP contribution in [0, 0.1) is 0 Å². The Morgan fingerprint density at radius 2 is 0.603 bits per heavy atom. The summed E-state index contributed by atoms with van der Waals surface area (Å²) in [5, 5.41) is 15.4. The lowest BCUT2D eigenvalue weighted by molar-refractivity contribution is 0.867. The third-order valence-electron chi connectivity index (χ3n) is 14.3. The second kappa shape index (κ2) is 13.6. The van der Waals surface area contributed by atoms with Gasteiger partial charge in [-0.05, 0) is 130 Å². The molecule has 3 heteroatoms. The molecule has 298 valence electrons. The van der Waals surface area contributed by atoms with Crippen molar-refractivity contribution in [1.82, 2.24) is 0 Å². The molecule has 0 atom stereocenters. The van der Waals surface area contributed by atoms with Gasteiger partial charge in [0.1, 0.15) is 0 Å². The van der Waals surface area contributed by atoms with Crippen LogP contribution in [0.15, 0.2) is 188 Å². The van der Waals surface area contributed by atoms with E-state index in [1.54, 1.807) is 0 Å². The molecule has 11 aromatic carbocycles. The van der Waals surface area contributed by atoms with Crippen LogP contribution in [0.3, 0.4) is 0 Å². The second-order valence-corrected chi connectivity index (χ2v) is 18.3. The number of fused-ring (bicyclic) bond motifs is 16. The van der Waals surface area contributed by atoms with Gasteiger partial charge in [-0.25, -0.2) is 0 Å². The summed E-state index contributed by atoms with van der Waals surface area (Å²) in [4.78, 5) is 5.22. The highest BCUT2D eigenvalue weighted by molar-refractivity contribution is 7.00. The van der Waals surface area contributed by atoms with Gasteiger partial charge in [0.15, 0.2) is 0 Å². The molecule has 2 aliphatic heterocycles. The van der Waals surface area contributed by atoms with Gasteiger partial charge >= 0.3 is 0 Å². The van der Waals surface area contributed by atoms with Gasteiger partial charge in [-0.1, -0.05) is 179 Å². The molecule has 0 saturated carbocycles. The molecular weight excluding hydrogens is 759 g/mol. The summed E-state index contributed by atoms with van der Waals surface area (Å²) >= 11 is 0. The van der Waals surface area contributed by atoms with E-state index in [9.17, 15) is 0 Å². The van der Waals surface area contributed by atoms with E-state index in [-0.39, 0.29) is 6.71 Å². The maximum Gasteiger partial charge on any atom is 0.252 e. The molecule has 13 rings (SSSR count). The smallest absolute Gasteiger partial charge is 0.252 e. The summed E-state index contributed by atoms with van der Waals surface area (Å²) in [5.41, 5.74) is 14.2. The Bertz CT molecular complexity index is 3400. The van der Waals surface area contributed by atoms with Gasteiger partial charge in [-0.3, -0.25) is 0 Å². The van der Waals surface area contributed by atoms with Crippen LogP contribution in [-0.2, 0) is 0 Å². The Hall–Kier alpha value is -7.36. The molecule has 0 aromatic heterocycles. The Morgan fingerprint density at radius 1 is 0.302 bits per heavy atom. The zero-order valence-corrected chi connectivity index (χ0v) is 36.0. The van der Waals surface area contributed by atoms with Crippen molar-refractivity contribution in [3.05, 3.63) is 199 Å². The average Bonchev–Trinajstić information content (AvgIpc) is 3.33. The Morgan fingerprint density at radius 3 is 0.968 bits per heavy atom. The first-order chi connectivity index (χ1) is 31.0. The van der Waals surface area contributed by atoms with Gasteiger partial charge in [0.05, 0.1) is 11.4 Å². The predicted octanol–water partition coefficient (Wildman–Crippen LogP) is 14.9. The SMILES string of the molecule is CC(C)c1ccc2c(c1)B1c3cc(C(C)C)ccc3N(c3cccc4c5ccccc5c5ccccc5c34)c3cccc(c31)N2c1cccc2c3ccccc3c3ccccc3c12. The molecule has 11 aromatic rings. The van der Waals surface area contributed by atoms with Crippen molar-refractivity contribution in [2.24, 2.45) is 0 Å². The summed E-state index contributed by atoms with van der Waals surface area (Å²) in [5.74, 6) is 0.766. The van der Waals surface area contributed by atoms with Crippen LogP contribution in [0.5, 0.6) is 0 Å². The topological polar surface area (TPSA) is 6.48 Å². The average molecular weight is 805 g/mol. The lowest BCUT2D eigenvalue weighted by atomic mass is 9.33. The summed E-state index contributed by atoms with van der Waals surface area (Å²) in [6, 6.07) is 71.5. The van der Waals surface area contributed by atoms with Crippen LogP contribution < -0.4 is 26.2 Å². The highest BCUT2D eigenvalue weighted by Gasteiger charge is 2.44. The minimum Gasteiger partial charge on any atom is -0.311 e. The van der Waals surface area contributed by atoms with Crippen LogP contribution in [0.4, 0.5) is 34.1 Å². The second-order valence-electron chi connectivity index (χ2n) is 18.3. The normalized spacial score (nSPS) is 13.3. The molecule has 0 saturated heterocycles. The summed E-state index contributed by atoms with van der Waals surface area (Å²) in [6.45, 7) is 9.33. The van der Waals surface area contributed by atoms with E-state index in [0.29, 0.717) is 11.8 Å². The largest absolute Gasteiger partial charge is 0.311 e. The number of anilines is 6. The number of hydrogen-bond donors (Lipinski definition) is 0. The van der Waals surface area contributed by atoms with Crippen LogP contribution >= 0.6 is 0 Å². The molecule has 0 radical (unpaired) electrons. The molecule has 63 heavy (non-hydrogen) atoms. The number of rotatable bonds is 4. The zero-order chi connectivity index (χ0) is 42.1. The van der Waals surface area contributed by atoms with E-state index in [1.165, 1.54) is 126 Å². The van der Waals surface area contributed by atoms with Crippen molar-refractivity contribution in [3.8, 4) is 0 Å². The van der Waals surface area contributed by atoms with Gasteiger partial charge in [0, 0.05) is 33.5 Å². The molecule has 0 fully saturated rings. The molecule has 0 amide bonds. The molecule has 0 unspecified atom stereocenters. The van der Waals surface area contributed by atoms with E-state index in [0.717, 1.165) is 0 Å². The van der Waals surface area contributed by atoms with Crippen molar-refractivity contribution in [1.29, 1.82) is 0 Å². The number of hydrogen-bond acceptors (Lipinski definition) is 2. The molecule has 0 spiro atoms. The van der Waals surface area contributed by atoms with E-state index >= 15 is 0 Å². The molecule has 0 bridgehead atoms. The Kier molecular flexibility index (Phi) is 7.82. The quantitative estimate of drug-likeness (QED) is 0.129. The molecule has 2 aliphatic rings. The first-order valence-corrected chi connectivity index (χ1v) is 22.6. The fourth-order valence-electron chi connectivity index (χ4n) is 11.5. The Labute approximate surface area is 368 Å². The van der Waals surface area contributed by atoms with E-state index < -0.39 is 0 Å². The van der Waals surface area contributed by atoms with Crippen LogP contribution in [-0.4, -0.2) is 6.71 Å². The minimum atomic E-state index is 0.0335. The standard InChI is InChI=1S/C60H45BN2/c1-36(2)38-30-32-52-50(34-38)61-51-35-39(37(3)4)31-33-53(51)63(55-27-14-25-49-45-19-8-6-17-41(45)43-21-10-12-23-47(43)59(49)55)57-29-15-28-56(60(57)61)62(52)54-26-13-24-48-44-18-7-5-16-40(44)42-20-9-11-22-46(42)58(48)54/h5-37H,1-4H3. The molecule has 0 N–H and O–H groups in total. The maximum atomic E-state index is 2.61. The van der Waals surface area contributed by atoms with Crippen molar-refractivity contribution >= 4 is 122 Å². The van der Waals surface area contributed by atoms with Crippen molar-refractivity contribution in [3.63, 3.8) is 0 Å². The van der Waals surface area contributed by atoms with Crippen molar-refractivity contribution in [2.45, 2.75) is 39.5 Å². The maximum absolute atomic E-state index is 2.61. The van der Waals surface area contributed by atoms with Crippen LogP contribution in [0.25, 0.3) is 64.6 Å². The van der Waals surface area contributed by atoms with Crippen LogP contribution in [0.1, 0.15) is 50.7 Å². The summed E-state index contributed by atoms with van der Waals surface area (Å²) < 4.78 is 0. The fraction of sp³-hybridized carbons (Fsp3) is 0.100. The van der Waals surface area contributed by atoms with E-state index in [2.05, 4.69) is 226 Å². The first-order valence-electron chi connectivity index (χ1n) is 22.6. The lowest BCUT2D eigenvalue weighted by Gasteiger charge is -2.45. The minimum absolute atomic E-state index is 0.0335. The van der Waals surface area contributed by atoms with Gasteiger partial charge in [0.2, 0.25) is 0 Å². The summed E-state index contributed by atoms with van der Waals surface area (Å²) in [6.07, 6.45) is 0. The number of nitrogens with zero attached hydrogens (tertiary/aromatic N) is 2. The highest BCUT2D eigenvalue weighted by Crippen LogP contribution is 2.50. The fourth-order valence-corrected chi connectivity index (χ4v) is 11.5. The molecule has 2 heterocycles. The monoisotopic (exact) mass is 804 g/mol. The van der Waals surface area contributed by atoms with E-state index in [1.807, 2.05) is 0 Å².